The smallest absolute Gasteiger partial charge is 0.416 e. The number of imide groups is 1. The van der Waals surface area contributed by atoms with Crippen LogP contribution in [0, 0.1) is 23.7 Å². The second-order valence-electron chi connectivity index (χ2n) is 9.34. The molecule has 0 unspecified atom stereocenters. The van der Waals surface area contributed by atoms with Crippen LogP contribution >= 0.6 is 11.6 Å². The number of benzene rings is 2. The van der Waals surface area contributed by atoms with Gasteiger partial charge in [-0.3, -0.25) is 19.3 Å². The summed E-state index contributed by atoms with van der Waals surface area (Å²) in [5.41, 5.74) is 0.277. The maximum atomic E-state index is 13.0. The number of carbonyl (C=O) groups excluding carboxylic acids is 4. The van der Waals surface area contributed by atoms with Gasteiger partial charge < -0.3 is 10.1 Å². The minimum absolute atomic E-state index is 0.0607. The van der Waals surface area contributed by atoms with Crippen molar-refractivity contribution in [1.82, 2.24) is 0 Å². The molecule has 1 saturated heterocycles. The summed E-state index contributed by atoms with van der Waals surface area (Å²) in [7, 11) is 0. The van der Waals surface area contributed by atoms with Crippen LogP contribution in [0.15, 0.2) is 54.1 Å². The Morgan fingerprint density at radius 3 is 2.43 bits per heavy atom. The van der Waals surface area contributed by atoms with E-state index < -0.39 is 30.2 Å². The molecule has 192 valence electrons. The summed E-state index contributed by atoms with van der Waals surface area (Å²) >= 11 is 5.85. The van der Waals surface area contributed by atoms with Crippen LogP contribution in [-0.4, -0.2) is 30.3 Å². The molecule has 2 fully saturated rings. The van der Waals surface area contributed by atoms with Gasteiger partial charge in [0.15, 0.2) is 6.61 Å². The lowest BCUT2D eigenvalue weighted by atomic mass is 9.82. The van der Waals surface area contributed by atoms with Crippen LogP contribution in [0.5, 0.6) is 0 Å². The number of esters is 1. The zero-order valence-electron chi connectivity index (χ0n) is 19.3. The van der Waals surface area contributed by atoms with Gasteiger partial charge in [0.25, 0.3) is 5.91 Å². The standard InChI is InChI=1S/C26H20ClF3N2O5/c1-12-8-14-9-17(12)22-21(14)23(34)32(24(22)35)16-5-2-13(3-6-16)25(36)37-11-20(33)31-19-10-15(26(28,29)30)4-7-18(19)27/h2-8,10,14,17,21-22H,9,11H2,1H3,(H,31,33)/t14-,17+,21-,22+/m0/s1. The Kier molecular flexibility index (Phi) is 6.10. The molecule has 3 aliphatic rings. The highest BCUT2D eigenvalue weighted by atomic mass is 35.5. The third kappa shape index (κ3) is 4.39. The number of hydrogen-bond donors (Lipinski definition) is 1. The Morgan fingerprint density at radius 1 is 1.08 bits per heavy atom. The van der Waals surface area contributed by atoms with E-state index in [4.69, 9.17) is 16.3 Å². The summed E-state index contributed by atoms with van der Waals surface area (Å²) < 4.78 is 43.6. The first-order valence-electron chi connectivity index (χ1n) is 11.5. The summed E-state index contributed by atoms with van der Waals surface area (Å²) in [6.07, 6.45) is -1.72. The molecule has 2 aliphatic carbocycles. The van der Waals surface area contributed by atoms with Crippen molar-refractivity contribution in [3.8, 4) is 0 Å². The molecule has 37 heavy (non-hydrogen) atoms. The maximum absolute atomic E-state index is 13.0. The Balaban J connectivity index is 1.20. The van der Waals surface area contributed by atoms with Crippen LogP contribution in [0.4, 0.5) is 24.5 Å². The van der Waals surface area contributed by atoms with Crippen LogP contribution in [0.2, 0.25) is 5.02 Å². The van der Waals surface area contributed by atoms with E-state index >= 15 is 0 Å². The van der Waals surface area contributed by atoms with Gasteiger partial charge in [-0.15, -0.1) is 0 Å². The van der Waals surface area contributed by atoms with Crippen molar-refractivity contribution in [3.05, 3.63) is 70.3 Å². The van der Waals surface area contributed by atoms with Gasteiger partial charge in [0, 0.05) is 0 Å². The molecule has 5 rings (SSSR count). The van der Waals surface area contributed by atoms with Crippen LogP contribution in [-0.2, 0) is 25.3 Å². The van der Waals surface area contributed by atoms with Crippen molar-refractivity contribution in [1.29, 1.82) is 0 Å². The van der Waals surface area contributed by atoms with E-state index in [0.717, 1.165) is 24.1 Å². The van der Waals surface area contributed by atoms with Crippen molar-refractivity contribution in [2.45, 2.75) is 19.5 Å². The molecular weight excluding hydrogens is 513 g/mol. The minimum Gasteiger partial charge on any atom is -0.452 e. The lowest BCUT2D eigenvalue weighted by Crippen LogP contribution is -2.33. The quantitative estimate of drug-likeness (QED) is 0.337. The van der Waals surface area contributed by atoms with Crippen molar-refractivity contribution < 1.29 is 37.1 Å². The average molecular weight is 533 g/mol. The van der Waals surface area contributed by atoms with Crippen LogP contribution in [0.1, 0.15) is 29.3 Å². The van der Waals surface area contributed by atoms with Crippen molar-refractivity contribution in [3.63, 3.8) is 0 Å². The summed E-state index contributed by atoms with van der Waals surface area (Å²) in [4.78, 5) is 51.7. The average Bonchev–Trinajstić information content (AvgIpc) is 3.48. The highest BCUT2D eigenvalue weighted by molar-refractivity contribution is 6.33. The first-order chi connectivity index (χ1) is 17.5. The molecule has 0 aromatic heterocycles. The number of halogens is 4. The Bertz CT molecular complexity index is 1350. The number of hydrogen-bond acceptors (Lipinski definition) is 5. The van der Waals surface area contributed by atoms with Gasteiger partial charge in [-0.2, -0.15) is 13.2 Å². The highest BCUT2D eigenvalue weighted by Crippen LogP contribution is 2.55. The normalized spacial score (nSPS) is 24.2. The fraction of sp³-hybridized carbons (Fsp3) is 0.308. The topological polar surface area (TPSA) is 92.8 Å². The van der Waals surface area contributed by atoms with E-state index in [1.807, 2.05) is 6.92 Å². The molecule has 7 nitrogen and oxygen atoms in total. The van der Waals surface area contributed by atoms with Gasteiger partial charge in [0.1, 0.15) is 0 Å². The molecule has 4 atom stereocenters. The monoisotopic (exact) mass is 532 g/mol. The molecule has 1 aliphatic heterocycles. The molecule has 0 spiro atoms. The van der Waals surface area contributed by atoms with E-state index in [9.17, 15) is 32.3 Å². The summed E-state index contributed by atoms with van der Waals surface area (Å²) in [5.74, 6) is -2.78. The number of nitrogens with zero attached hydrogens (tertiary/aromatic N) is 1. The molecule has 0 radical (unpaired) electrons. The summed E-state index contributed by atoms with van der Waals surface area (Å²) in [6.45, 7) is 1.21. The van der Waals surface area contributed by atoms with Crippen molar-refractivity contribution in [2.75, 3.05) is 16.8 Å². The molecule has 1 heterocycles. The molecule has 2 aromatic carbocycles. The van der Waals surface area contributed by atoms with Gasteiger partial charge >= 0.3 is 12.1 Å². The Labute approximate surface area is 214 Å². The highest BCUT2D eigenvalue weighted by Gasteiger charge is 2.60. The number of allylic oxidation sites excluding steroid dienone is 2. The second kappa shape index (κ2) is 9.02. The van der Waals surface area contributed by atoms with E-state index in [-0.39, 0.29) is 51.8 Å². The predicted molar refractivity (Wildman–Crippen MR) is 127 cm³/mol. The van der Waals surface area contributed by atoms with Gasteiger partial charge in [-0.05, 0) is 67.6 Å². The van der Waals surface area contributed by atoms with Gasteiger partial charge in [-0.1, -0.05) is 23.3 Å². The largest absolute Gasteiger partial charge is 0.452 e. The number of carbonyl (C=O) groups is 4. The molecule has 1 saturated carbocycles. The molecule has 1 N–H and O–H groups in total. The predicted octanol–water partition coefficient (Wildman–Crippen LogP) is 4.86. The third-order valence-electron chi connectivity index (χ3n) is 7.14. The minimum atomic E-state index is -4.62. The van der Waals surface area contributed by atoms with Crippen LogP contribution in [0.25, 0.3) is 0 Å². The zero-order chi connectivity index (χ0) is 26.6. The number of anilines is 2. The van der Waals surface area contributed by atoms with E-state index in [1.165, 1.54) is 29.2 Å². The van der Waals surface area contributed by atoms with E-state index in [2.05, 4.69) is 11.4 Å². The molecule has 11 heteroatoms. The van der Waals surface area contributed by atoms with Crippen LogP contribution in [0.3, 0.4) is 0 Å². The molecule has 2 aromatic rings. The SMILES string of the molecule is CC1=C[C@H]2C[C@H]1[C@H]1C(=O)N(c3ccc(C(=O)OCC(=O)Nc4cc(C(F)(F)F)ccc4Cl)cc3)C(=O)[C@H]12. The lowest BCUT2D eigenvalue weighted by molar-refractivity contribution is -0.137. The van der Waals surface area contributed by atoms with Crippen molar-refractivity contribution >= 4 is 46.7 Å². The summed E-state index contributed by atoms with van der Waals surface area (Å²) in [6, 6.07) is 8.10. The Hall–Kier alpha value is -3.66. The maximum Gasteiger partial charge on any atom is 0.416 e. The first-order valence-corrected chi connectivity index (χ1v) is 11.8. The number of fused-ring (bicyclic) bond motifs is 5. The summed E-state index contributed by atoms with van der Waals surface area (Å²) in [5, 5.41) is 2.07. The van der Waals surface area contributed by atoms with Gasteiger partial charge in [0.2, 0.25) is 11.8 Å². The third-order valence-corrected chi connectivity index (χ3v) is 7.47. The van der Waals surface area contributed by atoms with Gasteiger partial charge in [0.05, 0.1) is 39.4 Å². The molecule has 3 amide bonds. The number of nitrogens with one attached hydrogen (secondary N) is 1. The number of amides is 3. The fourth-order valence-corrected chi connectivity index (χ4v) is 5.64. The second-order valence-corrected chi connectivity index (χ2v) is 9.75. The molecule has 2 bridgehead atoms. The number of ether oxygens (including phenoxy) is 1. The van der Waals surface area contributed by atoms with Crippen molar-refractivity contribution in [2.24, 2.45) is 23.7 Å². The van der Waals surface area contributed by atoms with E-state index in [1.54, 1.807) is 0 Å². The lowest BCUT2D eigenvalue weighted by Gasteiger charge is -2.19. The fourth-order valence-electron chi connectivity index (χ4n) is 5.47. The van der Waals surface area contributed by atoms with E-state index in [0.29, 0.717) is 11.8 Å². The Morgan fingerprint density at radius 2 is 1.76 bits per heavy atom. The number of rotatable bonds is 5. The zero-order valence-corrected chi connectivity index (χ0v) is 20.1. The number of alkyl halides is 3. The van der Waals surface area contributed by atoms with Gasteiger partial charge in [-0.25, -0.2) is 4.79 Å². The molecular formula is C26H20ClF3N2O5. The first kappa shape index (κ1) is 25.0. The van der Waals surface area contributed by atoms with Crippen LogP contribution < -0.4 is 10.2 Å².